The van der Waals surface area contributed by atoms with E-state index in [2.05, 4.69) is 5.32 Å². The predicted molar refractivity (Wildman–Crippen MR) is 66.7 cm³/mol. The first kappa shape index (κ1) is 14.2. The number of hydrogen-bond acceptors (Lipinski definition) is 2. The van der Waals surface area contributed by atoms with E-state index in [0.29, 0.717) is 18.4 Å². The largest absolute Gasteiger partial charge is 0.508 e. The first-order valence-electron chi connectivity index (χ1n) is 6.55. The maximum Gasteiger partial charge on any atom is 0.393 e. The van der Waals surface area contributed by atoms with Crippen molar-refractivity contribution in [3.63, 3.8) is 0 Å². The Morgan fingerprint density at radius 1 is 1.16 bits per heavy atom. The molecule has 2 rings (SSSR count). The summed E-state index contributed by atoms with van der Waals surface area (Å²) in [5, 5.41) is 12.6. The molecule has 0 aliphatic heterocycles. The third-order valence-corrected chi connectivity index (χ3v) is 3.73. The normalized spacial score (nSPS) is 24.4. The third kappa shape index (κ3) is 3.62. The van der Waals surface area contributed by atoms with Gasteiger partial charge in [-0.2, -0.15) is 13.2 Å². The van der Waals surface area contributed by atoms with Gasteiger partial charge in [0.25, 0.3) is 0 Å². The van der Waals surface area contributed by atoms with Crippen LogP contribution in [0.2, 0.25) is 0 Å². The van der Waals surface area contributed by atoms with Crippen molar-refractivity contribution in [3.05, 3.63) is 29.8 Å². The topological polar surface area (TPSA) is 32.3 Å². The molecule has 0 radical (unpaired) electrons. The van der Waals surface area contributed by atoms with Crippen molar-refractivity contribution < 1.29 is 18.3 Å². The molecule has 0 amide bonds. The van der Waals surface area contributed by atoms with Crippen LogP contribution in [-0.4, -0.2) is 17.3 Å². The maximum atomic E-state index is 12.9. The Morgan fingerprint density at radius 3 is 2.53 bits per heavy atom. The van der Waals surface area contributed by atoms with Crippen molar-refractivity contribution >= 4 is 0 Å². The summed E-state index contributed by atoms with van der Waals surface area (Å²) in [6, 6.07) is 6.16. The summed E-state index contributed by atoms with van der Waals surface area (Å²) in [5.41, 5.74) is 0.633. The minimum Gasteiger partial charge on any atom is -0.508 e. The Hall–Kier alpha value is -1.23. The smallest absolute Gasteiger partial charge is 0.393 e. The highest BCUT2D eigenvalue weighted by molar-refractivity contribution is 5.31. The molecule has 1 fully saturated rings. The van der Waals surface area contributed by atoms with Crippen molar-refractivity contribution in [2.45, 2.75) is 44.4 Å². The van der Waals surface area contributed by atoms with Crippen molar-refractivity contribution in [1.29, 1.82) is 0 Å². The molecule has 106 valence electrons. The van der Waals surface area contributed by atoms with Crippen LogP contribution >= 0.6 is 0 Å². The Labute approximate surface area is 110 Å². The number of phenols is 1. The second-order valence-corrected chi connectivity index (χ2v) is 5.05. The zero-order chi connectivity index (χ0) is 13.9. The van der Waals surface area contributed by atoms with Crippen molar-refractivity contribution in [3.8, 4) is 5.75 Å². The lowest BCUT2D eigenvalue weighted by molar-refractivity contribution is -0.189. The second-order valence-electron chi connectivity index (χ2n) is 5.05. The number of halogens is 3. The van der Waals surface area contributed by atoms with E-state index < -0.39 is 18.1 Å². The molecule has 1 aromatic carbocycles. The summed E-state index contributed by atoms with van der Waals surface area (Å²) >= 11 is 0. The summed E-state index contributed by atoms with van der Waals surface area (Å²) in [5.74, 6) is -1.15. The molecule has 0 heterocycles. The van der Waals surface area contributed by atoms with Crippen LogP contribution in [0.4, 0.5) is 13.2 Å². The molecule has 2 unspecified atom stereocenters. The molecule has 1 aromatic rings. The standard InChI is InChI=1S/C14H18F3NO/c15-14(16,17)11-6-2-3-7-12(11)18-9-10-5-1-4-8-13(10)19/h1,4-5,8,11-12,18-19H,2-3,6-7,9H2. The van der Waals surface area contributed by atoms with E-state index >= 15 is 0 Å². The Balaban J connectivity index is 1.99. The van der Waals surface area contributed by atoms with Crippen molar-refractivity contribution in [1.82, 2.24) is 5.32 Å². The monoisotopic (exact) mass is 273 g/mol. The van der Waals surface area contributed by atoms with Crippen LogP contribution in [0.1, 0.15) is 31.2 Å². The highest BCUT2D eigenvalue weighted by Crippen LogP contribution is 2.37. The van der Waals surface area contributed by atoms with E-state index in [1.807, 2.05) is 0 Å². The van der Waals surface area contributed by atoms with Crippen LogP contribution in [0.3, 0.4) is 0 Å². The van der Waals surface area contributed by atoms with Crippen LogP contribution in [0.5, 0.6) is 5.75 Å². The molecule has 2 N–H and O–H groups in total. The zero-order valence-electron chi connectivity index (χ0n) is 10.6. The fourth-order valence-electron chi connectivity index (χ4n) is 2.67. The molecule has 0 aromatic heterocycles. The van der Waals surface area contributed by atoms with Crippen LogP contribution < -0.4 is 5.32 Å². The van der Waals surface area contributed by atoms with Gasteiger partial charge in [-0.15, -0.1) is 0 Å². The molecule has 0 spiro atoms. The minimum atomic E-state index is -4.14. The van der Waals surface area contributed by atoms with Gasteiger partial charge in [0.1, 0.15) is 5.75 Å². The van der Waals surface area contributed by atoms with Gasteiger partial charge in [-0.1, -0.05) is 31.0 Å². The Kier molecular flexibility index (Phi) is 4.34. The van der Waals surface area contributed by atoms with Gasteiger partial charge in [0.15, 0.2) is 0 Å². The van der Waals surface area contributed by atoms with Crippen LogP contribution in [-0.2, 0) is 6.54 Å². The van der Waals surface area contributed by atoms with Crippen molar-refractivity contribution in [2.75, 3.05) is 0 Å². The van der Waals surface area contributed by atoms with E-state index in [1.165, 1.54) is 0 Å². The summed E-state index contributed by atoms with van der Waals surface area (Å²) < 4.78 is 38.7. The molecule has 5 heteroatoms. The van der Waals surface area contributed by atoms with E-state index in [9.17, 15) is 18.3 Å². The van der Waals surface area contributed by atoms with Gasteiger partial charge in [0.2, 0.25) is 0 Å². The maximum absolute atomic E-state index is 12.9. The average Bonchev–Trinajstić information content (AvgIpc) is 2.37. The third-order valence-electron chi connectivity index (χ3n) is 3.73. The molecular formula is C14H18F3NO. The fraction of sp³-hybridized carbons (Fsp3) is 0.571. The molecule has 0 bridgehead atoms. The first-order chi connectivity index (χ1) is 8.98. The lowest BCUT2D eigenvalue weighted by Crippen LogP contribution is -2.45. The predicted octanol–water partition coefficient (Wildman–Crippen LogP) is 3.60. The van der Waals surface area contributed by atoms with Gasteiger partial charge in [0, 0.05) is 18.2 Å². The van der Waals surface area contributed by atoms with Crippen molar-refractivity contribution in [2.24, 2.45) is 5.92 Å². The van der Waals surface area contributed by atoms with Gasteiger partial charge < -0.3 is 10.4 Å². The number of nitrogens with one attached hydrogen (secondary N) is 1. The number of rotatable bonds is 3. The van der Waals surface area contributed by atoms with E-state index in [1.54, 1.807) is 24.3 Å². The Morgan fingerprint density at radius 2 is 1.84 bits per heavy atom. The highest BCUT2D eigenvalue weighted by Gasteiger charge is 2.45. The van der Waals surface area contributed by atoms with E-state index in [4.69, 9.17) is 0 Å². The fourth-order valence-corrected chi connectivity index (χ4v) is 2.67. The van der Waals surface area contributed by atoms with Crippen LogP contribution in [0, 0.1) is 5.92 Å². The molecule has 1 saturated carbocycles. The van der Waals surface area contributed by atoms with Gasteiger partial charge in [0.05, 0.1) is 5.92 Å². The molecule has 19 heavy (non-hydrogen) atoms. The number of aromatic hydroxyl groups is 1. The van der Waals surface area contributed by atoms with Gasteiger partial charge in [-0.25, -0.2) is 0 Å². The highest BCUT2D eigenvalue weighted by atomic mass is 19.4. The SMILES string of the molecule is Oc1ccccc1CNC1CCCCC1C(F)(F)F. The van der Waals surface area contributed by atoms with Gasteiger partial charge in [-0.3, -0.25) is 0 Å². The number of phenolic OH excluding ortho intramolecular Hbond substituents is 1. The van der Waals surface area contributed by atoms with Crippen LogP contribution in [0.25, 0.3) is 0 Å². The second kappa shape index (κ2) is 5.82. The summed E-state index contributed by atoms with van der Waals surface area (Å²) in [4.78, 5) is 0. The summed E-state index contributed by atoms with van der Waals surface area (Å²) in [7, 11) is 0. The number of para-hydroxylation sites is 1. The number of alkyl halides is 3. The lowest BCUT2D eigenvalue weighted by atomic mass is 9.84. The zero-order valence-corrected chi connectivity index (χ0v) is 10.6. The average molecular weight is 273 g/mol. The Bertz CT molecular complexity index is 419. The van der Waals surface area contributed by atoms with Gasteiger partial charge >= 0.3 is 6.18 Å². The van der Waals surface area contributed by atoms with Gasteiger partial charge in [-0.05, 0) is 18.9 Å². The van der Waals surface area contributed by atoms with E-state index in [0.717, 1.165) is 6.42 Å². The molecule has 2 nitrogen and oxygen atoms in total. The first-order valence-corrected chi connectivity index (χ1v) is 6.55. The van der Waals surface area contributed by atoms with Crippen LogP contribution in [0.15, 0.2) is 24.3 Å². The lowest BCUT2D eigenvalue weighted by Gasteiger charge is -2.33. The number of hydrogen-bond donors (Lipinski definition) is 2. The quantitative estimate of drug-likeness (QED) is 0.882. The number of benzene rings is 1. The molecule has 0 saturated heterocycles. The minimum absolute atomic E-state index is 0.120. The van der Waals surface area contributed by atoms with E-state index in [-0.39, 0.29) is 18.7 Å². The molecule has 2 atom stereocenters. The summed E-state index contributed by atoms with van der Waals surface area (Å²) in [6.45, 7) is 0.268. The molecular weight excluding hydrogens is 255 g/mol. The summed E-state index contributed by atoms with van der Waals surface area (Å²) in [6.07, 6.45) is -1.94. The molecule has 1 aliphatic carbocycles. The molecule has 1 aliphatic rings.